The van der Waals surface area contributed by atoms with Gasteiger partial charge in [0.25, 0.3) is 0 Å². The minimum absolute atomic E-state index is 0.174. The van der Waals surface area contributed by atoms with Crippen molar-refractivity contribution < 1.29 is 8.42 Å². The van der Waals surface area contributed by atoms with E-state index in [1.807, 2.05) is 20.9 Å². The molecule has 2 rings (SSSR count). The van der Waals surface area contributed by atoms with Crippen molar-refractivity contribution in [1.82, 2.24) is 14.2 Å². The fourth-order valence-electron chi connectivity index (χ4n) is 2.09. The number of nitrogens with two attached hydrogens (primary N) is 1. The first-order valence-electron chi connectivity index (χ1n) is 6.16. The average molecular weight is 284 g/mol. The van der Waals surface area contributed by atoms with Crippen molar-refractivity contribution in [3.8, 4) is 0 Å². The van der Waals surface area contributed by atoms with Gasteiger partial charge >= 0.3 is 0 Å². The van der Waals surface area contributed by atoms with Gasteiger partial charge in [-0.15, -0.1) is 0 Å². The number of rotatable bonds is 2. The van der Waals surface area contributed by atoms with Gasteiger partial charge < -0.3 is 5.73 Å². The predicted molar refractivity (Wildman–Crippen MR) is 74.1 cm³/mol. The second-order valence-electron chi connectivity index (χ2n) is 5.49. The molecule has 19 heavy (non-hydrogen) atoms. The van der Waals surface area contributed by atoms with Crippen molar-refractivity contribution in [3.05, 3.63) is 18.3 Å². The summed E-state index contributed by atoms with van der Waals surface area (Å²) in [6, 6.07) is 3.01. The van der Waals surface area contributed by atoms with Gasteiger partial charge in [-0.1, -0.05) is 0 Å². The molecule has 1 aliphatic rings. The smallest absolute Gasteiger partial charge is 0.244 e. The van der Waals surface area contributed by atoms with Crippen LogP contribution in [-0.4, -0.2) is 54.8 Å². The highest BCUT2D eigenvalue weighted by Crippen LogP contribution is 2.24. The minimum atomic E-state index is -3.48. The quantitative estimate of drug-likeness (QED) is 0.849. The number of likely N-dealkylation sites (N-methyl/N-ethyl adjacent to an activating group) is 1. The lowest BCUT2D eigenvalue weighted by Crippen LogP contribution is -2.58. The molecular formula is C12H20N4O2S. The molecule has 0 atom stereocenters. The molecule has 1 saturated heterocycles. The van der Waals surface area contributed by atoms with Gasteiger partial charge in [0, 0.05) is 31.4 Å². The molecule has 1 fully saturated rings. The van der Waals surface area contributed by atoms with Crippen molar-refractivity contribution in [2.75, 3.05) is 32.4 Å². The molecule has 0 spiro atoms. The van der Waals surface area contributed by atoms with E-state index in [1.165, 1.54) is 22.6 Å². The average Bonchev–Trinajstić information content (AvgIpc) is 2.33. The molecule has 1 aliphatic heterocycles. The molecule has 0 bridgehead atoms. The molecule has 0 aliphatic carbocycles. The van der Waals surface area contributed by atoms with E-state index in [1.54, 1.807) is 0 Å². The predicted octanol–water partition coefficient (Wildman–Crippen LogP) is 0.378. The monoisotopic (exact) mass is 284 g/mol. The van der Waals surface area contributed by atoms with Gasteiger partial charge in [-0.2, -0.15) is 4.31 Å². The van der Waals surface area contributed by atoms with Gasteiger partial charge in [0.2, 0.25) is 10.0 Å². The van der Waals surface area contributed by atoms with Crippen LogP contribution < -0.4 is 5.73 Å². The fraction of sp³-hybridized carbons (Fsp3) is 0.583. The zero-order valence-corrected chi connectivity index (χ0v) is 12.3. The van der Waals surface area contributed by atoms with E-state index in [4.69, 9.17) is 5.73 Å². The summed E-state index contributed by atoms with van der Waals surface area (Å²) >= 11 is 0. The van der Waals surface area contributed by atoms with Crippen LogP contribution in [0.2, 0.25) is 0 Å². The summed E-state index contributed by atoms with van der Waals surface area (Å²) in [5.74, 6) is 0.317. The fourth-order valence-corrected chi connectivity index (χ4v) is 3.63. The molecule has 0 aromatic carbocycles. The Morgan fingerprint density at radius 3 is 2.53 bits per heavy atom. The van der Waals surface area contributed by atoms with Crippen LogP contribution in [0.3, 0.4) is 0 Å². The van der Waals surface area contributed by atoms with Gasteiger partial charge in [0.15, 0.2) is 0 Å². The second-order valence-corrected chi connectivity index (χ2v) is 7.43. The highest BCUT2D eigenvalue weighted by Gasteiger charge is 2.37. The van der Waals surface area contributed by atoms with Crippen molar-refractivity contribution in [2.24, 2.45) is 0 Å². The highest BCUT2D eigenvalue weighted by atomic mass is 32.2. The summed E-state index contributed by atoms with van der Waals surface area (Å²) in [5.41, 5.74) is 5.31. The van der Waals surface area contributed by atoms with Crippen LogP contribution in [0.5, 0.6) is 0 Å². The molecule has 1 aromatic rings. The molecular weight excluding hydrogens is 264 g/mol. The largest absolute Gasteiger partial charge is 0.384 e. The molecule has 7 heteroatoms. The highest BCUT2D eigenvalue weighted by molar-refractivity contribution is 7.89. The zero-order chi connectivity index (χ0) is 14.3. The van der Waals surface area contributed by atoms with Crippen LogP contribution in [0.15, 0.2) is 23.2 Å². The van der Waals surface area contributed by atoms with Crippen LogP contribution in [0, 0.1) is 0 Å². The molecule has 0 amide bonds. The number of aromatic nitrogens is 1. The normalized spacial score (nSPS) is 21.4. The van der Waals surface area contributed by atoms with Gasteiger partial charge in [-0.05, 0) is 33.0 Å². The number of nitrogen functional groups attached to an aromatic ring is 1. The van der Waals surface area contributed by atoms with Gasteiger partial charge in [-0.25, -0.2) is 13.4 Å². The number of hydrogen-bond donors (Lipinski definition) is 1. The number of hydrogen-bond acceptors (Lipinski definition) is 5. The second kappa shape index (κ2) is 4.73. The number of anilines is 1. The Bertz CT molecular complexity index is 554. The first-order chi connectivity index (χ1) is 8.73. The van der Waals surface area contributed by atoms with E-state index in [0.29, 0.717) is 25.5 Å². The lowest BCUT2D eigenvalue weighted by atomic mass is 10.0. The van der Waals surface area contributed by atoms with Crippen molar-refractivity contribution >= 4 is 15.8 Å². The van der Waals surface area contributed by atoms with E-state index in [9.17, 15) is 8.42 Å². The molecule has 2 N–H and O–H groups in total. The van der Waals surface area contributed by atoms with Crippen molar-refractivity contribution in [1.29, 1.82) is 0 Å². The van der Waals surface area contributed by atoms with E-state index in [0.717, 1.165) is 0 Å². The molecule has 6 nitrogen and oxygen atoms in total. The third-order valence-corrected chi connectivity index (χ3v) is 5.51. The summed E-state index contributed by atoms with van der Waals surface area (Å²) in [7, 11) is -1.48. The van der Waals surface area contributed by atoms with E-state index < -0.39 is 10.0 Å². The Labute approximate surface area is 114 Å². The Balaban J connectivity index is 2.28. The summed E-state index contributed by atoms with van der Waals surface area (Å²) in [6.07, 6.45) is 1.32. The standard InChI is InChI=1S/C12H20N4O2S/c1-12(2)9-16(7-6-15(12)3)19(17,18)10-4-5-11(13)14-8-10/h4-5,8H,6-7,9H2,1-3H3,(H2,13,14). The lowest BCUT2D eigenvalue weighted by molar-refractivity contribution is 0.0801. The van der Waals surface area contributed by atoms with Crippen molar-refractivity contribution in [3.63, 3.8) is 0 Å². The molecule has 2 heterocycles. The minimum Gasteiger partial charge on any atom is -0.384 e. The van der Waals surface area contributed by atoms with Crippen molar-refractivity contribution in [2.45, 2.75) is 24.3 Å². The zero-order valence-electron chi connectivity index (χ0n) is 11.5. The SMILES string of the molecule is CN1CCN(S(=O)(=O)c2ccc(N)nc2)CC1(C)C. The first-order valence-corrected chi connectivity index (χ1v) is 7.60. The number of pyridine rings is 1. The summed E-state index contributed by atoms with van der Waals surface area (Å²) in [6.45, 7) is 5.75. The van der Waals surface area contributed by atoms with Gasteiger partial charge in [0.05, 0.1) is 0 Å². The maximum atomic E-state index is 12.5. The summed E-state index contributed by atoms with van der Waals surface area (Å²) in [5, 5.41) is 0. The van der Waals surface area contributed by atoms with Crippen LogP contribution in [0.25, 0.3) is 0 Å². The summed E-state index contributed by atoms with van der Waals surface area (Å²) < 4.78 is 26.6. The third-order valence-electron chi connectivity index (χ3n) is 3.68. The Hall–Kier alpha value is -1.18. The molecule has 106 valence electrons. The van der Waals surface area contributed by atoms with Gasteiger partial charge in [-0.3, -0.25) is 4.90 Å². The molecule has 0 radical (unpaired) electrons. The third kappa shape index (κ3) is 2.72. The van der Waals surface area contributed by atoms with E-state index >= 15 is 0 Å². The Kier molecular flexibility index (Phi) is 3.55. The van der Waals surface area contributed by atoms with Crippen LogP contribution in [0.1, 0.15) is 13.8 Å². The maximum Gasteiger partial charge on any atom is 0.244 e. The molecule has 0 unspecified atom stereocenters. The van der Waals surface area contributed by atoms with E-state index in [-0.39, 0.29) is 10.4 Å². The number of piperazine rings is 1. The summed E-state index contributed by atoms with van der Waals surface area (Å²) in [4.78, 5) is 6.22. The Morgan fingerprint density at radius 1 is 1.32 bits per heavy atom. The van der Waals surface area contributed by atoms with Crippen LogP contribution in [0.4, 0.5) is 5.82 Å². The lowest BCUT2D eigenvalue weighted by Gasteiger charge is -2.44. The van der Waals surface area contributed by atoms with Crippen LogP contribution >= 0.6 is 0 Å². The molecule has 1 aromatic heterocycles. The first kappa shape index (κ1) is 14.2. The molecule has 0 saturated carbocycles. The Morgan fingerprint density at radius 2 is 2.00 bits per heavy atom. The number of sulfonamides is 1. The topological polar surface area (TPSA) is 79.5 Å². The van der Waals surface area contributed by atoms with Crippen LogP contribution in [-0.2, 0) is 10.0 Å². The number of nitrogens with zero attached hydrogens (tertiary/aromatic N) is 3. The van der Waals surface area contributed by atoms with Gasteiger partial charge in [0.1, 0.15) is 10.7 Å². The maximum absolute atomic E-state index is 12.5. The van der Waals surface area contributed by atoms with E-state index in [2.05, 4.69) is 9.88 Å².